The Morgan fingerprint density at radius 2 is 1.81 bits per heavy atom. The van der Waals surface area contributed by atoms with Crippen molar-refractivity contribution >= 4 is 45.8 Å². The van der Waals surface area contributed by atoms with Crippen LogP contribution < -0.4 is 5.32 Å². The van der Waals surface area contributed by atoms with E-state index in [1.54, 1.807) is 18.3 Å². The molecule has 0 atom stereocenters. The molecule has 0 aliphatic carbocycles. The predicted molar refractivity (Wildman–Crippen MR) is 115 cm³/mol. The summed E-state index contributed by atoms with van der Waals surface area (Å²) in [5.74, 6) is 0. The van der Waals surface area contributed by atoms with Gasteiger partial charge in [-0.3, -0.25) is 0 Å². The van der Waals surface area contributed by atoms with Gasteiger partial charge in [0.1, 0.15) is 16.6 Å². The standard InChI is InChI=1S/C21H17Cl2N3S/c1-12-6-13(2)20(14(3)7-12)25-10-16(9-24)21-26-19(11-27-21)15-4-5-17(22)18(23)8-15/h4-8,10-11,25H,1-3H3/b16-10+. The third kappa shape index (κ3) is 4.33. The summed E-state index contributed by atoms with van der Waals surface area (Å²) < 4.78 is 0. The average Bonchev–Trinajstić information content (AvgIpc) is 3.09. The molecule has 27 heavy (non-hydrogen) atoms. The van der Waals surface area contributed by atoms with E-state index in [0.29, 0.717) is 20.6 Å². The zero-order chi connectivity index (χ0) is 19.6. The Morgan fingerprint density at radius 3 is 2.44 bits per heavy atom. The van der Waals surface area contributed by atoms with Crippen molar-refractivity contribution in [3.05, 3.63) is 73.7 Å². The number of hydrogen-bond donors (Lipinski definition) is 1. The number of rotatable bonds is 4. The van der Waals surface area contributed by atoms with Crippen LogP contribution in [0, 0.1) is 32.1 Å². The van der Waals surface area contributed by atoms with E-state index in [1.807, 2.05) is 25.3 Å². The monoisotopic (exact) mass is 413 g/mol. The molecule has 1 heterocycles. The molecule has 3 nitrogen and oxygen atoms in total. The van der Waals surface area contributed by atoms with Gasteiger partial charge in [0.05, 0.1) is 15.7 Å². The molecule has 136 valence electrons. The summed E-state index contributed by atoms with van der Waals surface area (Å²) >= 11 is 13.5. The Balaban J connectivity index is 1.89. The largest absolute Gasteiger partial charge is 0.360 e. The van der Waals surface area contributed by atoms with Gasteiger partial charge in [0.25, 0.3) is 0 Å². The number of aromatic nitrogens is 1. The SMILES string of the molecule is Cc1cc(C)c(N/C=C(\C#N)c2nc(-c3ccc(Cl)c(Cl)c3)cs2)c(C)c1. The van der Waals surface area contributed by atoms with E-state index in [4.69, 9.17) is 23.2 Å². The van der Waals surface area contributed by atoms with Crippen LogP contribution in [0.5, 0.6) is 0 Å². The number of aryl methyl sites for hydroxylation is 3. The Hall–Kier alpha value is -2.32. The second kappa shape index (κ2) is 8.14. The van der Waals surface area contributed by atoms with Gasteiger partial charge >= 0.3 is 0 Å². The molecule has 1 N–H and O–H groups in total. The fourth-order valence-corrected chi connectivity index (χ4v) is 3.97. The van der Waals surface area contributed by atoms with Crippen LogP contribution in [0.3, 0.4) is 0 Å². The number of anilines is 1. The molecule has 0 aliphatic rings. The van der Waals surface area contributed by atoms with Crippen LogP contribution >= 0.6 is 34.5 Å². The molecule has 1 aromatic heterocycles. The maximum Gasteiger partial charge on any atom is 0.136 e. The molecule has 0 spiro atoms. The fraction of sp³-hybridized carbons (Fsp3) is 0.143. The number of halogens is 2. The number of benzene rings is 2. The molecule has 0 saturated heterocycles. The fourth-order valence-electron chi connectivity index (χ4n) is 2.88. The Morgan fingerprint density at radius 1 is 1.11 bits per heavy atom. The van der Waals surface area contributed by atoms with Gasteiger partial charge in [-0.05, 0) is 44.0 Å². The molecule has 0 bridgehead atoms. The molecule has 6 heteroatoms. The van der Waals surface area contributed by atoms with Gasteiger partial charge in [0.15, 0.2) is 0 Å². The number of thiazole rings is 1. The highest BCUT2D eigenvalue weighted by atomic mass is 35.5. The number of hydrogen-bond acceptors (Lipinski definition) is 4. The Bertz CT molecular complexity index is 1050. The van der Waals surface area contributed by atoms with Crippen LogP contribution in [0.15, 0.2) is 41.9 Å². The minimum atomic E-state index is 0.477. The zero-order valence-electron chi connectivity index (χ0n) is 15.1. The highest BCUT2D eigenvalue weighted by Gasteiger charge is 2.11. The van der Waals surface area contributed by atoms with E-state index in [1.165, 1.54) is 16.9 Å². The molecule has 0 unspecified atom stereocenters. The Kier molecular flexibility index (Phi) is 5.86. The van der Waals surface area contributed by atoms with Crippen LogP contribution in [-0.4, -0.2) is 4.98 Å². The summed E-state index contributed by atoms with van der Waals surface area (Å²) in [6.07, 6.45) is 1.71. The first-order valence-electron chi connectivity index (χ1n) is 8.25. The van der Waals surface area contributed by atoms with Crippen LogP contribution in [0.2, 0.25) is 10.0 Å². The van der Waals surface area contributed by atoms with Gasteiger partial charge in [0, 0.05) is 22.8 Å². The molecule has 0 saturated carbocycles. The lowest BCUT2D eigenvalue weighted by Crippen LogP contribution is -1.97. The highest BCUT2D eigenvalue weighted by Crippen LogP contribution is 2.31. The lowest BCUT2D eigenvalue weighted by Gasteiger charge is -2.11. The average molecular weight is 414 g/mol. The van der Waals surface area contributed by atoms with Gasteiger partial charge in [-0.25, -0.2) is 4.98 Å². The van der Waals surface area contributed by atoms with Gasteiger partial charge in [-0.2, -0.15) is 5.26 Å². The molecular weight excluding hydrogens is 397 g/mol. The van der Waals surface area contributed by atoms with Crippen molar-refractivity contribution in [1.29, 1.82) is 5.26 Å². The number of allylic oxidation sites excluding steroid dienone is 1. The van der Waals surface area contributed by atoms with Crippen LogP contribution in [0.25, 0.3) is 16.8 Å². The van der Waals surface area contributed by atoms with Crippen molar-refractivity contribution in [2.24, 2.45) is 0 Å². The zero-order valence-corrected chi connectivity index (χ0v) is 17.4. The van der Waals surface area contributed by atoms with Crippen molar-refractivity contribution in [2.45, 2.75) is 20.8 Å². The van der Waals surface area contributed by atoms with Crippen molar-refractivity contribution in [1.82, 2.24) is 4.98 Å². The van der Waals surface area contributed by atoms with E-state index in [2.05, 4.69) is 35.4 Å². The third-order valence-electron chi connectivity index (χ3n) is 4.11. The topological polar surface area (TPSA) is 48.7 Å². The van der Waals surface area contributed by atoms with Crippen molar-refractivity contribution < 1.29 is 0 Å². The van der Waals surface area contributed by atoms with Crippen molar-refractivity contribution in [3.8, 4) is 17.3 Å². The molecule has 0 amide bonds. The lowest BCUT2D eigenvalue weighted by atomic mass is 10.1. The van der Waals surface area contributed by atoms with E-state index >= 15 is 0 Å². The molecule has 3 aromatic rings. The summed E-state index contributed by atoms with van der Waals surface area (Å²) in [5.41, 5.74) is 6.60. The van der Waals surface area contributed by atoms with E-state index in [9.17, 15) is 5.26 Å². The predicted octanol–water partition coefficient (Wildman–Crippen LogP) is 7.02. The molecular formula is C21H17Cl2N3S. The maximum absolute atomic E-state index is 9.57. The van der Waals surface area contributed by atoms with Gasteiger partial charge in [-0.1, -0.05) is 47.0 Å². The van der Waals surface area contributed by atoms with Gasteiger partial charge < -0.3 is 5.32 Å². The van der Waals surface area contributed by atoms with E-state index in [-0.39, 0.29) is 0 Å². The highest BCUT2D eigenvalue weighted by molar-refractivity contribution is 7.11. The van der Waals surface area contributed by atoms with Gasteiger partial charge in [-0.15, -0.1) is 11.3 Å². The minimum absolute atomic E-state index is 0.477. The quantitative estimate of drug-likeness (QED) is 0.467. The second-order valence-corrected chi connectivity index (χ2v) is 7.93. The first kappa shape index (κ1) is 19.4. The number of nitriles is 1. The Labute approximate surface area is 172 Å². The minimum Gasteiger partial charge on any atom is -0.360 e. The first-order valence-corrected chi connectivity index (χ1v) is 9.88. The summed E-state index contributed by atoms with van der Waals surface area (Å²) in [6.45, 7) is 6.17. The van der Waals surface area contributed by atoms with Crippen LogP contribution in [0.4, 0.5) is 5.69 Å². The maximum atomic E-state index is 9.57. The van der Waals surface area contributed by atoms with Crippen LogP contribution in [-0.2, 0) is 0 Å². The normalized spacial score (nSPS) is 11.3. The summed E-state index contributed by atoms with van der Waals surface area (Å²) in [5, 5.41) is 16.4. The van der Waals surface area contributed by atoms with E-state index in [0.717, 1.165) is 28.1 Å². The lowest BCUT2D eigenvalue weighted by molar-refractivity contribution is 1.31. The molecule has 0 radical (unpaired) electrons. The summed E-state index contributed by atoms with van der Waals surface area (Å²) in [4.78, 5) is 4.58. The smallest absolute Gasteiger partial charge is 0.136 e. The van der Waals surface area contributed by atoms with Crippen LogP contribution in [0.1, 0.15) is 21.7 Å². The number of nitrogens with zero attached hydrogens (tertiary/aromatic N) is 2. The van der Waals surface area contributed by atoms with E-state index < -0.39 is 0 Å². The molecule has 2 aromatic carbocycles. The van der Waals surface area contributed by atoms with Crippen molar-refractivity contribution in [2.75, 3.05) is 5.32 Å². The number of nitrogens with one attached hydrogen (secondary N) is 1. The summed E-state index contributed by atoms with van der Waals surface area (Å²) in [7, 11) is 0. The second-order valence-electron chi connectivity index (χ2n) is 6.25. The third-order valence-corrected chi connectivity index (χ3v) is 5.72. The summed E-state index contributed by atoms with van der Waals surface area (Å²) in [6, 6.07) is 11.8. The molecule has 0 fully saturated rings. The molecule has 3 rings (SSSR count). The molecule has 0 aliphatic heterocycles. The van der Waals surface area contributed by atoms with Gasteiger partial charge in [0.2, 0.25) is 0 Å². The first-order chi connectivity index (χ1) is 12.9. The van der Waals surface area contributed by atoms with Crippen molar-refractivity contribution in [3.63, 3.8) is 0 Å².